The fourth-order valence-electron chi connectivity index (χ4n) is 2.22. The second-order valence-electron chi connectivity index (χ2n) is 5.38. The maximum absolute atomic E-state index is 12.2. The third-order valence-corrected chi connectivity index (χ3v) is 3.86. The minimum atomic E-state index is -0.597. The van der Waals surface area contributed by atoms with Crippen molar-refractivity contribution in [3.63, 3.8) is 0 Å². The summed E-state index contributed by atoms with van der Waals surface area (Å²) in [6.07, 6.45) is 0. The third-order valence-electron chi connectivity index (χ3n) is 3.61. The summed E-state index contributed by atoms with van der Waals surface area (Å²) in [4.78, 5) is 16.2. The van der Waals surface area contributed by atoms with Crippen molar-refractivity contribution in [1.82, 2.24) is 9.80 Å². The van der Waals surface area contributed by atoms with Gasteiger partial charge in [-0.2, -0.15) is 0 Å². The summed E-state index contributed by atoms with van der Waals surface area (Å²) in [6.45, 7) is 3.92. The van der Waals surface area contributed by atoms with Gasteiger partial charge in [0, 0.05) is 31.2 Å². The lowest BCUT2D eigenvalue weighted by molar-refractivity contribution is -0.135. The van der Waals surface area contributed by atoms with Gasteiger partial charge < -0.3 is 20.3 Å². The van der Waals surface area contributed by atoms with E-state index in [9.17, 15) is 4.79 Å². The van der Waals surface area contributed by atoms with Gasteiger partial charge in [0.05, 0.1) is 13.2 Å². The Kier molecular flexibility index (Phi) is 5.99. The zero-order valence-electron chi connectivity index (χ0n) is 12.3. The molecule has 2 rings (SSSR count). The smallest absolute Gasteiger partial charge is 0.241 e. The third kappa shape index (κ3) is 4.97. The van der Waals surface area contributed by atoms with Gasteiger partial charge in [-0.3, -0.25) is 4.79 Å². The van der Waals surface area contributed by atoms with Crippen LogP contribution in [0.25, 0.3) is 0 Å². The number of halogens is 1. The Bertz CT molecular complexity index is 458. The highest BCUT2D eigenvalue weighted by Gasteiger charge is 2.24. The lowest BCUT2D eigenvalue weighted by Gasteiger charge is -2.33. The first-order chi connectivity index (χ1) is 10.1. The van der Waals surface area contributed by atoms with Crippen LogP contribution >= 0.6 is 11.6 Å². The molecule has 0 bridgehead atoms. The summed E-state index contributed by atoms with van der Waals surface area (Å²) < 4.78 is 5.53. The van der Waals surface area contributed by atoms with E-state index in [0.717, 1.165) is 31.7 Å². The van der Waals surface area contributed by atoms with Gasteiger partial charge in [-0.1, -0.05) is 23.7 Å². The highest BCUT2D eigenvalue weighted by Crippen LogP contribution is 2.10. The predicted molar refractivity (Wildman–Crippen MR) is 83.2 cm³/mol. The van der Waals surface area contributed by atoms with Crippen molar-refractivity contribution in [3.05, 3.63) is 34.9 Å². The number of hydrogen-bond donors (Lipinski definition) is 1. The van der Waals surface area contributed by atoms with E-state index in [-0.39, 0.29) is 12.5 Å². The molecule has 1 unspecified atom stereocenters. The van der Waals surface area contributed by atoms with Crippen LogP contribution in [0.1, 0.15) is 5.56 Å². The van der Waals surface area contributed by atoms with Crippen molar-refractivity contribution in [3.8, 4) is 0 Å². The van der Waals surface area contributed by atoms with E-state index >= 15 is 0 Å². The molecule has 0 saturated carbocycles. The predicted octanol–water partition coefficient (Wildman–Crippen LogP) is 0.958. The summed E-state index contributed by atoms with van der Waals surface area (Å²) in [5, 5.41) is 0.695. The van der Waals surface area contributed by atoms with Gasteiger partial charge in [0.2, 0.25) is 5.91 Å². The molecule has 116 valence electrons. The zero-order valence-corrected chi connectivity index (χ0v) is 13.1. The summed E-state index contributed by atoms with van der Waals surface area (Å²) >= 11 is 5.82. The second-order valence-corrected chi connectivity index (χ2v) is 5.81. The number of rotatable bonds is 5. The molecule has 1 saturated heterocycles. The van der Waals surface area contributed by atoms with Gasteiger partial charge in [0.25, 0.3) is 0 Å². The lowest BCUT2D eigenvalue weighted by Crippen LogP contribution is -2.53. The Labute approximate surface area is 130 Å². The van der Waals surface area contributed by atoms with Crippen molar-refractivity contribution < 1.29 is 9.53 Å². The SMILES string of the molecule is CN1CCN(C(=O)C(N)COCc2ccc(Cl)cc2)CC1. The minimum absolute atomic E-state index is 0.0285. The maximum Gasteiger partial charge on any atom is 0.241 e. The van der Waals surface area contributed by atoms with Crippen LogP contribution in [0.3, 0.4) is 0 Å². The van der Waals surface area contributed by atoms with Gasteiger partial charge in [0.1, 0.15) is 6.04 Å². The van der Waals surface area contributed by atoms with E-state index in [2.05, 4.69) is 11.9 Å². The van der Waals surface area contributed by atoms with Crippen LogP contribution in [0, 0.1) is 0 Å². The molecule has 0 aromatic heterocycles. The van der Waals surface area contributed by atoms with Gasteiger partial charge in [-0.05, 0) is 24.7 Å². The first-order valence-electron chi connectivity index (χ1n) is 7.11. The Morgan fingerprint density at radius 2 is 1.90 bits per heavy atom. The first kappa shape index (κ1) is 16.2. The standard InChI is InChI=1S/C15H22ClN3O2/c1-18-6-8-19(9-7-18)15(20)14(17)11-21-10-12-2-4-13(16)5-3-12/h2-5,14H,6-11,17H2,1H3. The number of ether oxygens (including phenoxy) is 1. The molecule has 1 atom stereocenters. The molecule has 1 aliphatic rings. The number of nitrogens with zero attached hydrogens (tertiary/aromatic N) is 2. The van der Waals surface area contributed by atoms with E-state index < -0.39 is 6.04 Å². The van der Waals surface area contributed by atoms with Crippen molar-refractivity contribution in [2.45, 2.75) is 12.6 Å². The molecule has 1 amide bonds. The number of carbonyl (C=O) groups excluding carboxylic acids is 1. The molecule has 1 fully saturated rings. The molecule has 0 radical (unpaired) electrons. The quantitative estimate of drug-likeness (QED) is 0.880. The van der Waals surface area contributed by atoms with Gasteiger partial charge in [-0.15, -0.1) is 0 Å². The van der Waals surface area contributed by atoms with Crippen molar-refractivity contribution >= 4 is 17.5 Å². The van der Waals surface area contributed by atoms with Crippen molar-refractivity contribution in [1.29, 1.82) is 0 Å². The molecule has 1 aromatic rings. The molecule has 21 heavy (non-hydrogen) atoms. The molecule has 1 heterocycles. The molecule has 6 heteroatoms. The maximum atomic E-state index is 12.2. The fraction of sp³-hybridized carbons (Fsp3) is 0.533. The van der Waals surface area contributed by atoms with Gasteiger partial charge in [-0.25, -0.2) is 0 Å². The molecule has 1 aromatic carbocycles. The van der Waals surface area contributed by atoms with Crippen LogP contribution in [-0.2, 0) is 16.1 Å². The van der Waals surface area contributed by atoms with E-state index in [0.29, 0.717) is 11.6 Å². The van der Waals surface area contributed by atoms with Crippen LogP contribution in [0.2, 0.25) is 5.02 Å². The molecule has 0 spiro atoms. The molecule has 5 nitrogen and oxygen atoms in total. The average Bonchev–Trinajstić information content (AvgIpc) is 2.49. The van der Waals surface area contributed by atoms with Crippen molar-refractivity contribution in [2.75, 3.05) is 39.8 Å². The monoisotopic (exact) mass is 311 g/mol. The van der Waals surface area contributed by atoms with Crippen LogP contribution < -0.4 is 5.73 Å². The fourth-order valence-corrected chi connectivity index (χ4v) is 2.34. The Morgan fingerprint density at radius 1 is 1.29 bits per heavy atom. The topological polar surface area (TPSA) is 58.8 Å². The normalized spacial score (nSPS) is 17.8. The number of benzene rings is 1. The number of likely N-dealkylation sites (N-methyl/N-ethyl adjacent to an activating group) is 1. The van der Waals surface area contributed by atoms with E-state index in [1.54, 1.807) is 0 Å². The largest absolute Gasteiger partial charge is 0.375 e. The molecule has 2 N–H and O–H groups in total. The molecular formula is C15H22ClN3O2. The number of hydrogen-bond acceptors (Lipinski definition) is 4. The van der Waals surface area contributed by atoms with E-state index in [1.165, 1.54) is 0 Å². The molecule has 1 aliphatic heterocycles. The Hall–Kier alpha value is -1.14. The van der Waals surface area contributed by atoms with Gasteiger partial charge >= 0.3 is 0 Å². The van der Waals surface area contributed by atoms with E-state index in [1.807, 2.05) is 29.2 Å². The lowest BCUT2D eigenvalue weighted by atomic mass is 10.2. The Balaban J connectivity index is 1.72. The summed E-state index contributed by atoms with van der Waals surface area (Å²) in [6, 6.07) is 6.83. The highest BCUT2D eigenvalue weighted by atomic mass is 35.5. The zero-order chi connectivity index (χ0) is 15.2. The van der Waals surface area contributed by atoms with E-state index in [4.69, 9.17) is 22.1 Å². The number of carbonyl (C=O) groups is 1. The molecular weight excluding hydrogens is 290 g/mol. The molecule has 0 aliphatic carbocycles. The number of amides is 1. The second kappa shape index (κ2) is 7.75. The average molecular weight is 312 g/mol. The summed E-state index contributed by atoms with van der Waals surface area (Å²) in [5.74, 6) is -0.0285. The van der Waals surface area contributed by atoms with Crippen LogP contribution in [0.15, 0.2) is 24.3 Å². The van der Waals surface area contributed by atoms with Crippen LogP contribution in [0.4, 0.5) is 0 Å². The van der Waals surface area contributed by atoms with Gasteiger partial charge in [0.15, 0.2) is 0 Å². The van der Waals surface area contributed by atoms with Crippen LogP contribution in [-0.4, -0.2) is 61.6 Å². The summed E-state index contributed by atoms with van der Waals surface area (Å²) in [7, 11) is 2.05. The number of nitrogens with two attached hydrogens (primary N) is 1. The Morgan fingerprint density at radius 3 is 2.52 bits per heavy atom. The highest BCUT2D eigenvalue weighted by molar-refractivity contribution is 6.30. The number of piperazine rings is 1. The van der Waals surface area contributed by atoms with Crippen molar-refractivity contribution in [2.24, 2.45) is 5.73 Å². The summed E-state index contributed by atoms with van der Waals surface area (Å²) in [5.41, 5.74) is 6.93. The minimum Gasteiger partial charge on any atom is -0.375 e. The van der Waals surface area contributed by atoms with Crippen LogP contribution in [0.5, 0.6) is 0 Å². The first-order valence-corrected chi connectivity index (χ1v) is 7.49.